The molecule has 0 aromatic carbocycles. The maximum atomic E-state index is 11.3. The van der Waals surface area contributed by atoms with Crippen molar-refractivity contribution in [2.75, 3.05) is 7.11 Å². The van der Waals surface area contributed by atoms with Crippen molar-refractivity contribution in [1.82, 2.24) is 5.32 Å². The van der Waals surface area contributed by atoms with Gasteiger partial charge in [0.25, 0.3) is 0 Å². The van der Waals surface area contributed by atoms with Crippen molar-refractivity contribution in [2.45, 2.75) is 38.8 Å². The van der Waals surface area contributed by atoms with Crippen molar-refractivity contribution in [2.24, 2.45) is 0 Å². The molecule has 0 rings (SSSR count). The minimum absolute atomic E-state index is 0.453. The summed E-state index contributed by atoms with van der Waals surface area (Å²) in [6.07, 6.45) is -1.35. The van der Waals surface area contributed by atoms with Gasteiger partial charge in [0.1, 0.15) is 11.6 Å². The number of nitrogens with one attached hydrogen (secondary N) is 1. The molecular formula is C12H19NO10. The van der Waals surface area contributed by atoms with Gasteiger partial charge in [-0.05, 0) is 20.8 Å². The average molecular weight is 337 g/mol. The zero-order valence-electron chi connectivity index (χ0n) is 13.0. The summed E-state index contributed by atoms with van der Waals surface area (Å²) >= 11 is 0. The second-order valence-electron chi connectivity index (χ2n) is 4.93. The second kappa shape index (κ2) is 9.97. The number of rotatable bonds is 4. The van der Waals surface area contributed by atoms with Crippen LogP contribution in [-0.4, -0.2) is 64.0 Å². The summed E-state index contributed by atoms with van der Waals surface area (Å²) in [7, 11) is 1.13. The molecule has 0 fully saturated rings. The lowest BCUT2D eigenvalue weighted by Crippen LogP contribution is -2.44. The van der Waals surface area contributed by atoms with Crippen LogP contribution in [0.4, 0.5) is 4.79 Å². The van der Waals surface area contributed by atoms with Crippen LogP contribution < -0.4 is 5.32 Å². The van der Waals surface area contributed by atoms with E-state index in [9.17, 15) is 14.4 Å². The fraction of sp³-hybridized carbons (Fsp3) is 0.583. The monoisotopic (exact) mass is 337 g/mol. The molecule has 0 spiro atoms. The first-order chi connectivity index (χ1) is 10.3. The summed E-state index contributed by atoms with van der Waals surface area (Å²) in [5, 5.41) is 25.6. The molecule has 0 bridgehead atoms. The lowest BCUT2D eigenvalue weighted by molar-refractivity contribution is -0.159. The molecule has 0 aromatic rings. The first kappa shape index (κ1) is 22.4. The van der Waals surface area contributed by atoms with Crippen molar-refractivity contribution >= 4 is 30.0 Å². The molecule has 0 aliphatic carbocycles. The van der Waals surface area contributed by atoms with Gasteiger partial charge in [0.15, 0.2) is 0 Å². The van der Waals surface area contributed by atoms with Gasteiger partial charge in [-0.3, -0.25) is 4.79 Å². The van der Waals surface area contributed by atoms with Crippen LogP contribution in [0.15, 0.2) is 0 Å². The molecule has 0 heterocycles. The largest absolute Gasteiger partial charge is 0.480 e. The number of carbonyl (C=O) groups is 5. The summed E-state index contributed by atoms with van der Waals surface area (Å²) < 4.78 is 9.19. The van der Waals surface area contributed by atoms with Crippen LogP contribution in [0.1, 0.15) is 27.2 Å². The Morgan fingerprint density at radius 3 is 1.70 bits per heavy atom. The third-order valence-corrected chi connectivity index (χ3v) is 1.77. The van der Waals surface area contributed by atoms with Gasteiger partial charge < -0.3 is 30.1 Å². The second-order valence-corrected chi connectivity index (χ2v) is 4.93. The smallest absolute Gasteiger partial charge is 0.414 e. The van der Waals surface area contributed by atoms with Gasteiger partial charge >= 0.3 is 30.0 Å². The van der Waals surface area contributed by atoms with Crippen LogP contribution in [0.25, 0.3) is 0 Å². The first-order valence-electron chi connectivity index (χ1n) is 6.05. The quantitative estimate of drug-likeness (QED) is 0.392. The van der Waals surface area contributed by atoms with E-state index in [4.69, 9.17) is 29.6 Å². The summed E-state index contributed by atoms with van der Waals surface area (Å²) in [4.78, 5) is 51.2. The number of alkyl carbamates (subject to hydrolysis) is 1. The minimum atomic E-state index is -1.82. The van der Waals surface area contributed by atoms with Crippen LogP contribution in [0.2, 0.25) is 0 Å². The highest BCUT2D eigenvalue weighted by molar-refractivity contribution is 6.27. The fourth-order valence-corrected chi connectivity index (χ4v) is 0.900. The number of hydrogen-bond acceptors (Lipinski definition) is 7. The normalized spacial score (nSPS) is 11.1. The van der Waals surface area contributed by atoms with E-state index in [-0.39, 0.29) is 0 Å². The molecule has 1 atom stereocenters. The number of esters is 1. The number of ether oxygens (including phenoxy) is 2. The molecule has 0 aliphatic heterocycles. The summed E-state index contributed by atoms with van der Waals surface area (Å²) in [5.74, 6) is -5.71. The molecule has 0 aromatic heterocycles. The van der Waals surface area contributed by atoms with E-state index in [1.54, 1.807) is 20.8 Å². The first-order valence-corrected chi connectivity index (χ1v) is 6.05. The molecule has 23 heavy (non-hydrogen) atoms. The van der Waals surface area contributed by atoms with Crippen LogP contribution in [-0.2, 0) is 28.7 Å². The lowest BCUT2D eigenvalue weighted by Gasteiger charge is -2.21. The van der Waals surface area contributed by atoms with Crippen molar-refractivity contribution in [3.63, 3.8) is 0 Å². The van der Waals surface area contributed by atoms with E-state index in [2.05, 4.69) is 10.1 Å². The van der Waals surface area contributed by atoms with Crippen molar-refractivity contribution in [3.8, 4) is 0 Å². The Bertz CT molecular complexity index is 453. The van der Waals surface area contributed by atoms with Gasteiger partial charge in [-0.2, -0.15) is 0 Å². The number of carboxylic acid groups (broad SMARTS) is 3. The molecule has 0 saturated carbocycles. The van der Waals surface area contributed by atoms with Crippen LogP contribution in [0.3, 0.4) is 0 Å². The Hall–Kier alpha value is -2.85. The molecule has 0 radical (unpaired) electrons. The molecule has 11 nitrogen and oxygen atoms in total. The Kier molecular flexibility index (Phi) is 9.73. The lowest BCUT2D eigenvalue weighted by atomic mass is 10.2. The van der Waals surface area contributed by atoms with Gasteiger partial charge in [-0.25, -0.2) is 19.2 Å². The molecule has 11 heteroatoms. The van der Waals surface area contributed by atoms with E-state index in [1.165, 1.54) is 0 Å². The van der Waals surface area contributed by atoms with E-state index < -0.39 is 48.0 Å². The van der Waals surface area contributed by atoms with E-state index in [1.807, 2.05) is 0 Å². The number of hydrogen-bond donors (Lipinski definition) is 4. The average Bonchev–Trinajstić information content (AvgIpc) is 2.35. The minimum Gasteiger partial charge on any atom is -0.480 e. The fourth-order valence-electron chi connectivity index (χ4n) is 0.900. The van der Waals surface area contributed by atoms with Crippen molar-refractivity contribution in [1.29, 1.82) is 0 Å². The molecule has 1 unspecified atom stereocenters. The topological polar surface area (TPSA) is 177 Å². The van der Waals surface area contributed by atoms with Gasteiger partial charge in [0, 0.05) is 0 Å². The van der Waals surface area contributed by atoms with Crippen molar-refractivity contribution in [3.05, 3.63) is 0 Å². The summed E-state index contributed by atoms with van der Waals surface area (Å²) in [6, 6.07) is -1.36. The Labute approximate surface area is 131 Å². The molecule has 1 amide bonds. The number of carbonyl (C=O) groups excluding carboxylic acids is 2. The van der Waals surface area contributed by atoms with E-state index in [0.29, 0.717) is 0 Å². The van der Waals surface area contributed by atoms with Crippen LogP contribution >= 0.6 is 0 Å². The van der Waals surface area contributed by atoms with Crippen LogP contribution in [0, 0.1) is 0 Å². The standard InChI is InChI=1S/C10H17NO6.C2H2O4/c1-10(2,3)17-9(15)11-6(8(13)14)5-7(12)16-4;3-1(4)2(5)6/h6H,5H2,1-4H3,(H,11,15)(H,13,14);(H,3,4)(H,5,6). The zero-order chi connectivity index (χ0) is 18.8. The summed E-state index contributed by atoms with van der Waals surface area (Å²) in [5.41, 5.74) is -0.738. The number of methoxy groups -OCH3 is 1. The highest BCUT2D eigenvalue weighted by Gasteiger charge is 2.26. The maximum Gasteiger partial charge on any atom is 0.414 e. The Morgan fingerprint density at radius 1 is 1.00 bits per heavy atom. The Balaban J connectivity index is 0. The van der Waals surface area contributed by atoms with Crippen molar-refractivity contribution < 1.29 is 48.8 Å². The van der Waals surface area contributed by atoms with E-state index in [0.717, 1.165) is 7.11 Å². The van der Waals surface area contributed by atoms with Crippen LogP contribution in [0.5, 0.6) is 0 Å². The molecule has 132 valence electrons. The third-order valence-electron chi connectivity index (χ3n) is 1.77. The number of aliphatic carboxylic acids is 3. The SMILES string of the molecule is COC(=O)CC(NC(=O)OC(C)(C)C)C(=O)O.O=C(O)C(=O)O. The van der Waals surface area contributed by atoms with Gasteiger partial charge in [-0.15, -0.1) is 0 Å². The zero-order valence-corrected chi connectivity index (χ0v) is 13.0. The highest BCUT2D eigenvalue weighted by Crippen LogP contribution is 2.07. The molecular weight excluding hydrogens is 318 g/mol. The van der Waals surface area contributed by atoms with Gasteiger partial charge in [-0.1, -0.05) is 0 Å². The number of amides is 1. The molecule has 0 aliphatic rings. The maximum absolute atomic E-state index is 11.3. The third kappa shape index (κ3) is 13.9. The molecule has 4 N–H and O–H groups in total. The number of carboxylic acids is 3. The van der Waals surface area contributed by atoms with Gasteiger partial charge in [0.05, 0.1) is 13.5 Å². The predicted molar refractivity (Wildman–Crippen MR) is 72.7 cm³/mol. The summed E-state index contributed by atoms with van der Waals surface area (Å²) in [6.45, 7) is 4.92. The van der Waals surface area contributed by atoms with Gasteiger partial charge in [0.2, 0.25) is 0 Å². The predicted octanol–water partition coefficient (Wildman–Crippen LogP) is -0.317. The highest BCUT2D eigenvalue weighted by atomic mass is 16.6. The molecule has 0 saturated heterocycles. The van der Waals surface area contributed by atoms with E-state index >= 15 is 0 Å². The Morgan fingerprint density at radius 2 is 1.43 bits per heavy atom.